The monoisotopic (exact) mass is 577 g/mol. The van der Waals surface area contributed by atoms with E-state index in [2.05, 4.69) is 66.7 Å². The molecule has 0 radical (unpaired) electrons. The van der Waals surface area contributed by atoms with Crippen LogP contribution >= 0.6 is 15.9 Å². The van der Waals surface area contributed by atoms with E-state index in [0.717, 1.165) is 37.9 Å². The van der Waals surface area contributed by atoms with Gasteiger partial charge in [0.1, 0.15) is 17.2 Å². The first-order valence-electron chi connectivity index (χ1n) is 11.9. The molecule has 9 heteroatoms. The van der Waals surface area contributed by atoms with Crippen molar-refractivity contribution in [3.8, 4) is 0 Å². The summed E-state index contributed by atoms with van der Waals surface area (Å²) >= 11 is 3.53. The number of quaternary nitrogens is 1. The number of nitrogen functional groups attached to an aromatic ring is 1. The highest BCUT2D eigenvalue weighted by Gasteiger charge is 2.17. The summed E-state index contributed by atoms with van der Waals surface area (Å²) in [4.78, 5) is 22.2. The molecule has 0 atom stereocenters. The molecule has 1 amide bonds. The molecule has 38 heavy (non-hydrogen) atoms. The number of aromatic nitrogens is 1. The number of benzene rings is 3. The van der Waals surface area contributed by atoms with E-state index in [1.807, 2.05) is 53.1 Å². The Morgan fingerprint density at radius 1 is 1.00 bits per heavy atom. The number of fused-ring (bicyclic) bond motifs is 1. The minimum absolute atomic E-state index is 0.0254. The van der Waals surface area contributed by atoms with Gasteiger partial charge in [-0.05, 0) is 60.5 Å². The van der Waals surface area contributed by atoms with Crippen LogP contribution in [0.25, 0.3) is 10.9 Å². The zero-order valence-corrected chi connectivity index (χ0v) is 23.5. The molecule has 4 N–H and O–H groups in total. The summed E-state index contributed by atoms with van der Waals surface area (Å²) in [6.45, 7) is 1.91. The second-order valence-corrected chi connectivity index (χ2v) is 10.7. The number of carboxylic acid groups (broad SMARTS) is 1. The average molecular weight is 579 g/mol. The topological polar surface area (TPSA) is 124 Å². The van der Waals surface area contributed by atoms with Crippen molar-refractivity contribution in [2.45, 2.75) is 20.0 Å². The third kappa shape index (κ3) is 7.53. The molecule has 0 bridgehead atoms. The van der Waals surface area contributed by atoms with E-state index < -0.39 is 5.97 Å². The van der Waals surface area contributed by atoms with Crippen LogP contribution < -0.4 is 20.6 Å². The van der Waals surface area contributed by atoms with Crippen molar-refractivity contribution in [2.24, 2.45) is 5.73 Å². The van der Waals surface area contributed by atoms with Gasteiger partial charge in [-0.15, -0.1) is 0 Å². The Labute approximate surface area is 230 Å². The summed E-state index contributed by atoms with van der Waals surface area (Å²) in [5.41, 5.74) is 11.1. The van der Waals surface area contributed by atoms with Gasteiger partial charge in [0.15, 0.2) is 0 Å². The number of hydrogen-bond acceptors (Lipinski definition) is 4. The predicted octanol–water partition coefficient (Wildman–Crippen LogP) is 3.62. The van der Waals surface area contributed by atoms with Crippen LogP contribution in [-0.4, -0.2) is 43.4 Å². The number of rotatable bonds is 7. The van der Waals surface area contributed by atoms with Gasteiger partial charge in [-0.2, -0.15) is 0 Å². The maximum absolute atomic E-state index is 13.3. The molecule has 0 fully saturated rings. The highest BCUT2D eigenvalue weighted by Crippen LogP contribution is 2.25. The van der Waals surface area contributed by atoms with Gasteiger partial charge in [-0.3, -0.25) is 14.7 Å². The van der Waals surface area contributed by atoms with Gasteiger partial charge in [0.05, 0.1) is 21.1 Å². The van der Waals surface area contributed by atoms with Crippen molar-refractivity contribution in [2.75, 3.05) is 21.1 Å². The van der Waals surface area contributed by atoms with E-state index >= 15 is 0 Å². The number of aliphatic carboxylic acids is 1. The summed E-state index contributed by atoms with van der Waals surface area (Å²) in [5.74, 6) is -1.19. The highest BCUT2D eigenvalue weighted by molar-refractivity contribution is 9.10. The van der Waals surface area contributed by atoms with Crippen LogP contribution in [0.4, 0.5) is 5.69 Å². The lowest BCUT2D eigenvalue weighted by Gasteiger charge is -2.23. The van der Waals surface area contributed by atoms with Gasteiger partial charge in [0.2, 0.25) is 0 Å². The van der Waals surface area contributed by atoms with Crippen molar-refractivity contribution in [1.82, 2.24) is 14.4 Å². The maximum Gasteiger partial charge on any atom is 0.268 e. The third-order valence-electron chi connectivity index (χ3n) is 5.84. The fourth-order valence-electron chi connectivity index (χ4n) is 3.95. The Bertz CT molecular complexity index is 1470. The molecule has 3 aromatic carbocycles. The zero-order valence-electron chi connectivity index (χ0n) is 21.9. The second-order valence-electron chi connectivity index (χ2n) is 9.79. The molecule has 0 spiro atoms. The summed E-state index contributed by atoms with van der Waals surface area (Å²) in [6.07, 6.45) is 0. The van der Waals surface area contributed by atoms with Crippen LogP contribution in [0, 0.1) is 5.41 Å². The lowest BCUT2D eigenvalue weighted by atomic mass is 10.1. The minimum atomic E-state index is -1.08. The molecular formula is C29H32BrN5O3. The Morgan fingerprint density at radius 2 is 1.66 bits per heavy atom. The quantitative estimate of drug-likeness (QED) is 0.176. The number of nitrogens with two attached hydrogens (primary N) is 1. The highest BCUT2D eigenvalue weighted by atomic mass is 79.9. The molecule has 8 nitrogen and oxygen atoms in total. The molecule has 0 saturated heterocycles. The molecule has 4 aromatic rings. The number of halogens is 1. The lowest BCUT2D eigenvalue weighted by molar-refractivity contribution is -0.302. The Balaban J connectivity index is 0.000000934. The first-order valence-corrected chi connectivity index (χ1v) is 12.7. The summed E-state index contributed by atoms with van der Waals surface area (Å²) in [6, 6.07) is 23.8. The van der Waals surface area contributed by atoms with Gasteiger partial charge in [-0.25, -0.2) is 0 Å². The molecule has 0 aliphatic heterocycles. The fourth-order valence-corrected chi connectivity index (χ4v) is 4.33. The van der Waals surface area contributed by atoms with Crippen LogP contribution in [0.2, 0.25) is 0 Å². The molecule has 0 aliphatic carbocycles. The lowest BCUT2D eigenvalue weighted by Crippen LogP contribution is -2.34. The van der Waals surface area contributed by atoms with E-state index in [-0.39, 0.29) is 11.7 Å². The SMILES string of the molecule is CC(=O)[O-].C[N+](C)(C)c1ccc(CNC(=O)c2cc3cc(Br)ccc3n2Cc2cccc(C(=N)N)c2)cc1. The maximum atomic E-state index is 13.3. The second kappa shape index (κ2) is 12.1. The average Bonchev–Trinajstić information content (AvgIpc) is 3.19. The van der Waals surface area contributed by atoms with Gasteiger partial charge < -0.3 is 25.5 Å². The number of carboxylic acids is 1. The molecule has 0 saturated carbocycles. The van der Waals surface area contributed by atoms with Crippen LogP contribution in [-0.2, 0) is 17.9 Å². The number of carbonyl (C=O) groups is 2. The third-order valence-corrected chi connectivity index (χ3v) is 6.33. The smallest absolute Gasteiger partial charge is 0.268 e. The molecule has 0 unspecified atom stereocenters. The van der Waals surface area contributed by atoms with Crippen molar-refractivity contribution < 1.29 is 14.7 Å². The Morgan fingerprint density at radius 3 is 2.26 bits per heavy atom. The van der Waals surface area contributed by atoms with Crippen molar-refractivity contribution in [3.05, 3.63) is 99.7 Å². The first-order chi connectivity index (χ1) is 17.8. The predicted molar refractivity (Wildman–Crippen MR) is 154 cm³/mol. The molecule has 0 aliphatic rings. The van der Waals surface area contributed by atoms with Gasteiger partial charge in [-0.1, -0.05) is 46.3 Å². The summed E-state index contributed by atoms with van der Waals surface area (Å²) < 4.78 is 3.71. The zero-order chi connectivity index (χ0) is 28.0. The number of nitrogens with zero attached hydrogens (tertiary/aromatic N) is 2. The van der Waals surface area contributed by atoms with Crippen molar-refractivity contribution in [1.29, 1.82) is 5.41 Å². The summed E-state index contributed by atoms with van der Waals surface area (Å²) in [7, 11) is 6.38. The Kier molecular flexibility index (Phi) is 9.08. The molecule has 1 aromatic heterocycles. The van der Waals surface area contributed by atoms with Crippen molar-refractivity contribution >= 4 is 50.2 Å². The number of carbonyl (C=O) groups excluding carboxylic acids is 2. The number of hydrogen-bond donors (Lipinski definition) is 3. The van der Waals surface area contributed by atoms with E-state index in [0.29, 0.717) is 24.3 Å². The fraction of sp³-hybridized carbons (Fsp3) is 0.207. The van der Waals surface area contributed by atoms with Gasteiger partial charge in [0, 0.05) is 40.0 Å². The first kappa shape index (κ1) is 28.6. The summed E-state index contributed by atoms with van der Waals surface area (Å²) in [5, 5.41) is 20.7. The number of amides is 1. The van der Waals surface area contributed by atoms with E-state index in [1.54, 1.807) is 0 Å². The van der Waals surface area contributed by atoms with Crippen LogP contribution in [0.5, 0.6) is 0 Å². The minimum Gasteiger partial charge on any atom is -0.550 e. The van der Waals surface area contributed by atoms with Crippen LogP contribution in [0.3, 0.4) is 0 Å². The molecule has 4 rings (SSSR count). The molecule has 1 heterocycles. The molecule has 198 valence electrons. The largest absolute Gasteiger partial charge is 0.550 e. The van der Waals surface area contributed by atoms with Crippen LogP contribution in [0.1, 0.15) is 34.1 Å². The van der Waals surface area contributed by atoms with E-state index in [9.17, 15) is 4.79 Å². The van der Waals surface area contributed by atoms with Gasteiger partial charge >= 0.3 is 0 Å². The number of nitrogens with one attached hydrogen (secondary N) is 2. The number of amidine groups is 1. The Hall–Kier alpha value is -3.95. The standard InChI is InChI=1S/C27H28BrN5O.C2H4O2/c1-33(2,3)23-10-7-18(8-11-23)16-31-27(34)25-15-21-14-22(28)9-12-24(21)32(25)17-19-5-4-6-20(13-19)26(29)30;1-2(3)4/h4-15H,16-17H2,1-3H3,(H3-,29,30,31,34);1H3,(H,3,4). The molecular weight excluding hydrogens is 546 g/mol. The van der Waals surface area contributed by atoms with Crippen LogP contribution in [0.15, 0.2) is 77.3 Å². The van der Waals surface area contributed by atoms with E-state index in [4.69, 9.17) is 21.0 Å². The normalized spacial score (nSPS) is 11.0. The van der Waals surface area contributed by atoms with Crippen molar-refractivity contribution in [3.63, 3.8) is 0 Å². The van der Waals surface area contributed by atoms with E-state index in [1.165, 1.54) is 5.69 Å². The van der Waals surface area contributed by atoms with Gasteiger partial charge in [0.25, 0.3) is 5.91 Å².